The van der Waals surface area contributed by atoms with Gasteiger partial charge in [0.05, 0.1) is 5.69 Å². The second-order valence-corrected chi connectivity index (χ2v) is 11.4. The van der Waals surface area contributed by atoms with Crippen LogP contribution in [0.5, 0.6) is 0 Å². The molecular weight excluding hydrogens is 434 g/mol. The molecule has 1 amide bonds. The van der Waals surface area contributed by atoms with Crippen molar-refractivity contribution in [1.29, 1.82) is 0 Å². The van der Waals surface area contributed by atoms with E-state index in [1.807, 2.05) is 0 Å². The Labute approximate surface area is 211 Å². The molecular formula is C30H43N3O2. The highest BCUT2D eigenvalue weighted by Gasteiger charge is 2.31. The summed E-state index contributed by atoms with van der Waals surface area (Å²) in [6, 6.07) is 13.0. The number of carbonyl (C=O) groups is 1. The van der Waals surface area contributed by atoms with Crippen molar-refractivity contribution in [3.05, 3.63) is 53.4 Å². The van der Waals surface area contributed by atoms with Gasteiger partial charge in [-0.2, -0.15) is 0 Å². The van der Waals surface area contributed by atoms with Gasteiger partial charge in [0.25, 0.3) is 0 Å². The molecule has 5 nitrogen and oxygen atoms in total. The number of carbonyl (C=O) groups excluding carboxylic acids is 1. The molecule has 1 saturated carbocycles. The first-order valence-electron chi connectivity index (χ1n) is 14.2. The van der Waals surface area contributed by atoms with Crippen molar-refractivity contribution in [2.45, 2.75) is 77.0 Å². The van der Waals surface area contributed by atoms with E-state index >= 15 is 0 Å². The van der Waals surface area contributed by atoms with Crippen LogP contribution in [0.4, 0.5) is 0 Å². The van der Waals surface area contributed by atoms with Crippen LogP contribution in [0, 0.1) is 23.7 Å². The molecule has 3 aliphatic rings. The van der Waals surface area contributed by atoms with Crippen molar-refractivity contribution in [2.75, 3.05) is 26.2 Å². The van der Waals surface area contributed by atoms with E-state index < -0.39 is 0 Å². The van der Waals surface area contributed by atoms with Crippen LogP contribution in [0.2, 0.25) is 0 Å². The quantitative estimate of drug-likeness (QED) is 0.550. The first-order chi connectivity index (χ1) is 17.2. The Bertz CT molecular complexity index is 913. The number of benzene rings is 1. The summed E-state index contributed by atoms with van der Waals surface area (Å²) in [5.74, 6) is 3.77. The number of hydrogen-bond acceptors (Lipinski definition) is 4. The molecule has 0 spiro atoms. The van der Waals surface area contributed by atoms with E-state index in [2.05, 4.69) is 51.8 Å². The molecule has 2 saturated heterocycles. The predicted molar refractivity (Wildman–Crippen MR) is 139 cm³/mol. The molecule has 2 atom stereocenters. The summed E-state index contributed by atoms with van der Waals surface area (Å²) in [6.07, 6.45) is 13.9. The minimum absolute atomic E-state index is 0.359. The van der Waals surface area contributed by atoms with E-state index in [-0.39, 0.29) is 0 Å². The van der Waals surface area contributed by atoms with Gasteiger partial charge in [-0.1, -0.05) is 67.6 Å². The Morgan fingerprint density at radius 3 is 2.49 bits per heavy atom. The Morgan fingerprint density at radius 2 is 1.69 bits per heavy atom. The lowest BCUT2D eigenvalue weighted by Crippen LogP contribution is -2.43. The highest BCUT2D eigenvalue weighted by molar-refractivity contribution is 5.76. The third-order valence-electron chi connectivity index (χ3n) is 8.83. The zero-order valence-electron chi connectivity index (χ0n) is 21.3. The SMILES string of the molecule is O=C(CC1CCNCC1Cc1cc(CC2CCCCC2)on1)N1CCC(Cc2ccccc2)CC1. The summed E-state index contributed by atoms with van der Waals surface area (Å²) in [4.78, 5) is 15.4. The maximum absolute atomic E-state index is 13.2. The van der Waals surface area contributed by atoms with Gasteiger partial charge in [-0.3, -0.25) is 4.79 Å². The molecule has 2 unspecified atom stereocenters. The fraction of sp³-hybridized carbons (Fsp3) is 0.667. The molecule has 190 valence electrons. The highest BCUT2D eigenvalue weighted by Crippen LogP contribution is 2.30. The molecule has 0 bridgehead atoms. The topological polar surface area (TPSA) is 58.4 Å². The standard InChI is InChI=1S/C30H43N3O2/c34-30(33-15-12-25(13-16-33)17-23-7-3-1-4-8-23)20-26-11-14-31-22-27(26)19-28-21-29(35-32-28)18-24-9-5-2-6-10-24/h1,3-4,7-8,21,24-27,31H,2,5-6,9-20,22H2. The van der Waals surface area contributed by atoms with Crippen molar-refractivity contribution in [2.24, 2.45) is 23.7 Å². The molecule has 2 aromatic rings. The number of aromatic nitrogens is 1. The number of nitrogens with one attached hydrogen (secondary N) is 1. The van der Waals surface area contributed by atoms with E-state index in [4.69, 9.17) is 4.52 Å². The van der Waals surface area contributed by atoms with Gasteiger partial charge in [0.2, 0.25) is 5.91 Å². The molecule has 5 heteroatoms. The first-order valence-corrected chi connectivity index (χ1v) is 14.2. The van der Waals surface area contributed by atoms with Crippen molar-refractivity contribution in [1.82, 2.24) is 15.4 Å². The number of rotatable bonds is 8. The lowest BCUT2D eigenvalue weighted by Gasteiger charge is -2.36. The number of piperidine rings is 2. The first kappa shape index (κ1) is 24.5. The average molecular weight is 478 g/mol. The lowest BCUT2D eigenvalue weighted by atomic mass is 9.80. The summed E-state index contributed by atoms with van der Waals surface area (Å²) < 4.78 is 5.73. The number of hydrogen-bond donors (Lipinski definition) is 1. The Balaban J connectivity index is 1.09. The zero-order chi connectivity index (χ0) is 23.9. The Kier molecular flexibility index (Phi) is 8.56. The van der Waals surface area contributed by atoms with Gasteiger partial charge < -0.3 is 14.7 Å². The van der Waals surface area contributed by atoms with Crippen LogP contribution in [-0.2, 0) is 24.1 Å². The third kappa shape index (κ3) is 6.97. The third-order valence-corrected chi connectivity index (χ3v) is 8.83. The van der Waals surface area contributed by atoms with E-state index in [0.29, 0.717) is 30.1 Å². The van der Waals surface area contributed by atoms with Crippen LogP contribution in [0.1, 0.15) is 74.8 Å². The van der Waals surface area contributed by atoms with Crippen LogP contribution in [0.15, 0.2) is 40.9 Å². The maximum Gasteiger partial charge on any atom is 0.222 e. The van der Waals surface area contributed by atoms with Crippen LogP contribution in [0.25, 0.3) is 0 Å². The predicted octanol–water partition coefficient (Wildman–Crippen LogP) is 5.44. The van der Waals surface area contributed by atoms with Crippen LogP contribution in [0.3, 0.4) is 0 Å². The maximum atomic E-state index is 13.2. The number of amides is 1. The minimum atomic E-state index is 0.359. The Morgan fingerprint density at radius 1 is 0.914 bits per heavy atom. The lowest BCUT2D eigenvalue weighted by molar-refractivity contribution is -0.134. The van der Waals surface area contributed by atoms with Crippen molar-refractivity contribution < 1.29 is 9.32 Å². The second-order valence-electron chi connectivity index (χ2n) is 11.4. The largest absolute Gasteiger partial charge is 0.361 e. The van der Waals surface area contributed by atoms with Gasteiger partial charge >= 0.3 is 0 Å². The Hall–Kier alpha value is -2.14. The van der Waals surface area contributed by atoms with Gasteiger partial charge in [-0.15, -0.1) is 0 Å². The van der Waals surface area contributed by atoms with E-state index in [0.717, 1.165) is 82.1 Å². The van der Waals surface area contributed by atoms with E-state index in [1.165, 1.54) is 37.7 Å². The van der Waals surface area contributed by atoms with Gasteiger partial charge in [-0.25, -0.2) is 0 Å². The van der Waals surface area contributed by atoms with Gasteiger partial charge in [-0.05, 0) is 74.4 Å². The van der Waals surface area contributed by atoms with Gasteiger partial charge in [0.1, 0.15) is 5.76 Å². The monoisotopic (exact) mass is 477 g/mol. The summed E-state index contributed by atoms with van der Waals surface area (Å²) in [5.41, 5.74) is 2.49. The summed E-state index contributed by atoms with van der Waals surface area (Å²) in [7, 11) is 0. The molecule has 3 fully saturated rings. The van der Waals surface area contributed by atoms with Crippen molar-refractivity contribution >= 4 is 5.91 Å². The fourth-order valence-corrected chi connectivity index (χ4v) is 6.66. The molecule has 0 radical (unpaired) electrons. The van der Waals surface area contributed by atoms with Gasteiger partial charge in [0, 0.05) is 32.0 Å². The van der Waals surface area contributed by atoms with Crippen LogP contribution >= 0.6 is 0 Å². The molecule has 2 aliphatic heterocycles. The smallest absolute Gasteiger partial charge is 0.222 e. The summed E-state index contributed by atoms with van der Waals surface area (Å²) in [5, 5.41) is 7.98. The number of nitrogens with zero attached hydrogens (tertiary/aromatic N) is 2. The minimum Gasteiger partial charge on any atom is -0.361 e. The molecule has 1 aromatic heterocycles. The van der Waals surface area contributed by atoms with Gasteiger partial charge in [0.15, 0.2) is 0 Å². The summed E-state index contributed by atoms with van der Waals surface area (Å²) >= 11 is 0. The average Bonchev–Trinajstić information content (AvgIpc) is 3.33. The highest BCUT2D eigenvalue weighted by atomic mass is 16.5. The molecule has 1 N–H and O–H groups in total. The molecule has 3 heterocycles. The van der Waals surface area contributed by atoms with Crippen molar-refractivity contribution in [3.8, 4) is 0 Å². The van der Waals surface area contributed by atoms with Crippen molar-refractivity contribution in [3.63, 3.8) is 0 Å². The van der Waals surface area contributed by atoms with Crippen LogP contribution < -0.4 is 5.32 Å². The molecule has 5 rings (SSSR count). The van der Waals surface area contributed by atoms with E-state index in [9.17, 15) is 4.79 Å². The molecule has 1 aromatic carbocycles. The van der Waals surface area contributed by atoms with E-state index in [1.54, 1.807) is 0 Å². The normalized spacial score (nSPS) is 24.5. The second kappa shape index (κ2) is 12.2. The summed E-state index contributed by atoms with van der Waals surface area (Å²) in [6.45, 7) is 3.82. The molecule has 1 aliphatic carbocycles. The zero-order valence-corrected chi connectivity index (χ0v) is 21.3. The van der Waals surface area contributed by atoms with Crippen LogP contribution in [-0.4, -0.2) is 42.1 Å². The number of likely N-dealkylation sites (tertiary alicyclic amines) is 1. The molecule has 35 heavy (non-hydrogen) atoms. The fourth-order valence-electron chi connectivity index (χ4n) is 6.66.